The second-order valence-corrected chi connectivity index (χ2v) is 9.82. The van der Waals surface area contributed by atoms with Crippen LogP contribution in [0.4, 0.5) is 11.4 Å². The van der Waals surface area contributed by atoms with E-state index in [9.17, 15) is 10.1 Å². The van der Waals surface area contributed by atoms with E-state index in [-0.39, 0.29) is 5.69 Å². The summed E-state index contributed by atoms with van der Waals surface area (Å²) >= 11 is 1.46. The van der Waals surface area contributed by atoms with Crippen molar-refractivity contribution in [3.8, 4) is 11.3 Å². The van der Waals surface area contributed by atoms with E-state index in [0.29, 0.717) is 10.7 Å². The third-order valence-electron chi connectivity index (χ3n) is 6.58. The molecule has 182 valence electrons. The SMILES string of the molecule is CC(=Nn1c(-c2ccc([N+](=O)[O-])cc2)csc1=Nc1cccnc1)c1ccc(C2CCCCC2)cc1. The molecule has 0 saturated heterocycles. The number of thiazole rings is 1. The highest BCUT2D eigenvalue weighted by Gasteiger charge is 2.16. The molecule has 0 spiro atoms. The first-order chi connectivity index (χ1) is 17.6. The molecule has 8 heteroatoms. The minimum Gasteiger partial charge on any atom is -0.262 e. The van der Waals surface area contributed by atoms with Crippen molar-refractivity contribution in [2.75, 3.05) is 0 Å². The third kappa shape index (κ3) is 5.33. The Kier molecular flexibility index (Phi) is 7.13. The Hall–Kier alpha value is -3.91. The van der Waals surface area contributed by atoms with Gasteiger partial charge in [0.15, 0.2) is 0 Å². The van der Waals surface area contributed by atoms with Crippen molar-refractivity contribution in [3.63, 3.8) is 0 Å². The van der Waals surface area contributed by atoms with Crippen LogP contribution in [0.5, 0.6) is 0 Å². The average Bonchev–Trinajstić information content (AvgIpc) is 3.31. The first-order valence-electron chi connectivity index (χ1n) is 12.1. The summed E-state index contributed by atoms with van der Waals surface area (Å²) in [7, 11) is 0. The normalized spacial score (nSPS) is 15.2. The number of nitro groups is 1. The maximum absolute atomic E-state index is 11.1. The number of hydrogen-bond donors (Lipinski definition) is 0. The monoisotopic (exact) mass is 497 g/mol. The van der Waals surface area contributed by atoms with Crippen LogP contribution in [0.1, 0.15) is 56.1 Å². The van der Waals surface area contributed by atoms with Crippen molar-refractivity contribution in [2.24, 2.45) is 10.1 Å². The van der Waals surface area contributed by atoms with Gasteiger partial charge in [-0.15, -0.1) is 11.3 Å². The molecular formula is C28H27N5O2S. The van der Waals surface area contributed by atoms with Gasteiger partial charge in [0.2, 0.25) is 4.80 Å². The van der Waals surface area contributed by atoms with Crippen molar-refractivity contribution in [2.45, 2.75) is 44.9 Å². The fraction of sp³-hybridized carbons (Fsp3) is 0.250. The molecule has 1 saturated carbocycles. The average molecular weight is 498 g/mol. The highest BCUT2D eigenvalue weighted by molar-refractivity contribution is 7.07. The summed E-state index contributed by atoms with van der Waals surface area (Å²) in [5.41, 5.74) is 5.75. The first kappa shape index (κ1) is 23.8. The van der Waals surface area contributed by atoms with E-state index in [1.165, 1.54) is 61.1 Å². The molecule has 1 aliphatic carbocycles. The van der Waals surface area contributed by atoms with E-state index in [1.807, 2.05) is 29.1 Å². The quantitative estimate of drug-likeness (QED) is 0.162. The van der Waals surface area contributed by atoms with Gasteiger partial charge in [0.05, 0.1) is 28.2 Å². The third-order valence-corrected chi connectivity index (χ3v) is 7.40. The molecule has 0 bridgehead atoms. The van der Waals surface area contributed by atoms with Crippen molar-refractivity contribution in [1.29, 1.82) is 0 Å². The molecule has 4 aromatic rings. The molecule has 0 aliphatic heterocycles. The van der Waals surface area contributed by atoms with Gasteiger partial charge in [-0.25, -0.2) is 9.67 Å². The van der Waals surface area contributed by atoms with Crippen LogP contribution in [0.15, 0.2) is 88.5 Å². The van der Waals surface area contributed by atoms with Crippen LogP contribution in [0.3, 0.4) is 0 Å². The number of nitro benzene ring substituents is 1. The van der Waals surface area contributed by atoms with Crippen molar-refractivity contribution >= 4 is 28.4 Å². The highest BCUT2D eigenvalue weighted by atomic mass is 32.1. The molecule has 2 heterocycles. The Labute approximate surface area is 213 Å². The largest absolute Gasteiger partial charge is 0.269 e. The summed E-state index contributed by atoms with van der Waals surface area (Å²) < 4.78 is 1.81. The number of benzene rings is 2. The number of aromatic nitrogens is 2. The molecule has 0 atom stereocenters. The summed E-state index contributed by atoms with van der Waals surface area (Å²) in [4.78, 5) is 20.3. The van der Waals surface area contributed by atoms with Gasteiger partial charge in [0.25, 0.3) is 5.69 Å². The van der Waals surface area contributed by atoms with Crippen LogP contribution >= 0.6 is 11.3 Å². The van der Waals surface area contributed by atoms with Gasteiger partial charge in [0, 0.05) is 29.3 Å². The number of non-ortho nitro benzene ring substituents is 1. The minimum absolute atomic E-state index is 0.0542. The van der Waals surface area contributed by atoms with Crippen LogP contribution in [-0.4, -0.2) is 20.3 Å². The Morgan fingerprint density at radius 2 is 1.81 bits per heavy atom. The maximum Gasteiger partial charge on any atom is 0.269 e. The predicted octanol–water partition coefficient (Wildman–Crippen LogP) is 7.07. The lowest BCUT2D eigenvalue weighted by atomic mass is 9.84. The molecule has 5 rings (SSSR count). The molecule has 0 N–H and O–H groups in total. The molecule has 36 heavy (non-hydrogen) atoms. The van der Waals surface area contributed by atoms with E-state index >= 15 is 0 Å². The Bertz CT molecular complexity index is 1430. The second kappa shape index (κ2) is 10.8. The molecular weight excluding hydrogens is 470 g/mol. The molecule has 2 aromatic carbocycles. The van der Waals surface area contributed by atoms with Crippen LogP contribution in [-0.2, 0) is 0 Å². The van der Waals surface area contributed by atoms with Crippen LogP contribution in [0.2, 0.25) is 0 Å². The van der Waals surface area contributed by atoms with Gasteiger partial charge < -0.3 is 0 Å². The van der Waals surface area contributed by atoms with E-state index in [0.717, 1.165) is 28.2 Å². The summed E-state index contributed by atoms with van der Waals surface area (Å²) in [5.74, 6) is 0.662. The zero-order chi connectivity index (χ0) is 24.9. The van der Waals surface area contributed by atoms with Crippen molar-refractivity contribution in [1.82, 2.24) is 9.66 Å². The standard InChI is InChI=1S/C28H27N5O2S/c1-20(21-9-11-23(12-10-21)22-6-3-2-4-7-22)31-32-27(24-13-15-26(16-14-24)33(34)35)19-36-28(32)30-25-8-5-17-29-18-25/h5,8-19,22H,2-4,6-7H2,1H3. The fourth-order valence-electron chi connectivity index (χ4n) is 4.60. The van der Waals surface area contributed by atoms with Gasteiger partial charge in [-0.3, -0.25) is 15.1 Å². The van der Waals surface area contributed by atoms with Crippen molar-refractivity contribution < 1.29 is 4.92 Å². The lowest BCUT2D eigenvalue weighted by molar-refractivity contribution is -0.384. The Morgan fingerprint density at radius 3 is 2.47 bits per heavy atom. The molecule has 0 radical (unpaired) electrons. The summed E-state index contributed by atoms with van der Waals surface area (Å²) in [5, 5.41) is 18.0. The van der Waals surface area contributed by atoms with Gasteiger partial charge >= 0.3 is 0 Å². The smallest absolute Gasteiger partial charge is 0.262 e. The van der Waals surface area contributed by atoms with E-state index < -0.39 is 4.92 Å². The maximum atomic E-state index is 11.1. The molecule has 2 aromatic heterocycles. The summed E-state index contributed by atoms with van der Waals surface area (Å²) in [6, 6.07) is 19.0. The molecule has 0 amide bonds. The number of hydrogen-bond acceptors (Lipinski definition) is 6. The topological polar surface area (TPSA) is 85.7 Å². The summed E-state index contributed by atoms with van der Waals surface area (Å²) in [6.45, 7) is 1.99. The van der Waals surface area contributed by atoms with Crippen LogP contribution in [0.25, 0.3) is 11.3 Å². The van der Waals surface area contributed by atoms with Gasteiger partial charge in [-0.05, 0) is 61.1 Å². The zero-order valence-electron chi connectivity index (χ0n) is 20.1. The van der Waals surface area contributed by atoms with Crippen LogP contribution in [0, 0.1) is 10.1 Å². The molecule has 7 nitrogen and oxygen atoms in total. The lowest BCUT2D eigenvalue weighted by Gasteiger charge is -2.22. The van der Waals surface area contributed by atoms with Gasteiger partial charge in [0.1, 0.15) is 0 Å². The Balaban J connectivity index is 1.54. The Morgan fingerprint density at radius 1 is 1.06 bits per heavy atom. The first-order valence-corrected chi connectivity index (χ1v) is 13.0. The molecule has 1 aliphatic rings. The predicted molar refractivity (Wildman–Crippen MR) is 144 cm³/mol. The number of pyridine rings is 1. The number of rotatable bonds is 6. The lowest BCUT2D eigenvalue weighted by Crippen LogP contribution is -2.14. The van der Waals surface area contributed by atoms with Gasteiger partial charge in [-0.2, -0.15) is 5.10 Å². The van der Waals surface area contributed by atoms with E-state index in [1.54, 1.807) is 24.5 Å². The number of nitrogens with zero attached hydrogens (tertiary/aromatic N) is 5. The van der Waals surface area contributed by atoms with Gasteiger partial charge in [-0.1, -0.05) is 43.5 Å². The fourth-order valence-corrected chi connectivity index (χ4v) is 5.45. The zero-order valence-corrected chi connectivity index (χ0v) is 20.9. The van der Waals surface area contributed by atoms with Crippen molar-refractivity contribution in [3.05, 3.63) is 104 Å². The minimum atomic E-state index is -0.395. The summed E-state index contributed by atoms with van der Waals surface area (Å²) in [6.07, 6.45) is 9.94. The van der Waals surface area contributed by atoms with E-state index in [2.05, 4.69) is 29.2 Å². The molecule has 1 fully saturated rings. The second-order valence-electron chi connectivity index (χ2n) is 8.98. The molecule has 0 unspecified atom stereocenters. The van der Waals surface area contributed by atoms with Crippen LogP contribution < -0.4 is 4.80 Å². The van der Waals surface area contributed by atoms with E-state index in [4.69, 9.17) is 10.1 Å². The highest BCUT2D eigenvalue weighted by Crippen LogP contribution is 2.32.